The van der Waals surface area contributed by atoms with Crippen LogP contribution in [0.3, 0.4) is 0 Å². The van der Waals surface area contributed by atoms with Crippen molar-refractivity contribution in [3.05, 3.63) is 69.7 Å². The Kier molecular flexibility index (Phi) is 21.5. The van der Waals surface area contributed by atoms with Crippen LogP contribution in [0.1, 0.15) is 11.1 Å². The van der Waals surface area contributed by atoms with Gasteiger partial charge in [-0.3, -0.25) is 4.18 Å². The molecule has 2 aliphatic rings. The summed E-state index contributed by atoms with van der Waals surface area (Å²) >= 11 is 11.7. The van der Waals surface area contributed by atoms with Crippen molar-refractivity contribution in [1.29, 1.82) is 0 Å². The monoisotopic (exact) mass is 742 g/mol. The van der Waals surface area contributed by atoms with E-state index in [0.717, 1.165) is 29.1 Å². The summed E-state index contributed by atoms with van der Waals surface area (Å²) in [6.07, 6.45) is -2.65. The number of hydrogen-bond donors (Lipinski definition) is 3. The predicted molar refractivity (Wildman–Crippen MR) is 171 cm³/mol. The maximum Gasteiger partial charge on any atom is 0.264 e. The van der Waals surface area contributed by atoms with Gasteiger partial charge in [0.05, 0.1) is 44.9 Å². The van der Waals surface area contributed by atoms with Crippen molar-refractivity contribution >= 4 is 45.7 Å². The van der Waals surface area contributed by atoms with Gasteiger partial charge in [0.1, 0.15) is 13.2 Å². The number of halogens is 7. The van der Waals surface area contributed by atoms with Crippen LogP contribution >= 0.6 is 35.6 Å². The van der Waals surface area contributed by atoms with E-state index in [4.69, 9.17) is 46.7 Å². The lowest BCUT2D eigenvalue weighted by Crippen LogP contribution is -2.49. The van der Waals surface area contributed by atoms with Crippen LogP contribution in [0.5, 0.6) is 0 Å². The SMILES string of the molecule is CS(=O)(=O)OC[C@H]1CN[C@@H](Cc2ccc(Cl)cc2)CO1.Cl.FC(F)COC[C@H]1CN[C@@H](Cc2ccc(Cl)cc2)CO1.OCC(F)F. The second-order valence-corrected chi connectivity index (χ2v) is 12.8. The average Bonchev–Trinajstić information content (AvgIpc) is 3.00. The molecule has 0 spiro atoms. The lowest BCUT2D eigenvalue weighted by Gasteiger charge is -2.30. The van der Waals surface area contributed by atoms with E-state index in [9.17, 15) is 26.0 Å². The molecule has 0 bridgehead atoms. The Balaban J connectivity index is 0.000000394. The molecule has 264 valence electrons. The Labute approximate surface area is 283 Å². The van der Waals surface area contributed by atoms with E-state index < -0.39 is 36.2 Å². The lowest BCUT2D eigenvalue weighted by atomic mass is 10.1. The number of aliphatic hydroxyl groups excluding tert-OH is 1. The third-order valence-corrected chi connectivity index (χ3v) is 7.35. The molecule has 2 heterocycles. The summed E-state index contributed by atoms with van der Waals surface area (Å²) < 4.78 is 87.5. The van der Waals surface area contributed by atoms with Gasteiger partial charge < -0.3 is 30.0 Å². The highest BCUT2D eigenvalue weighted by Crippen LogP contribution is 2.14. The molecule has 0 aromatic heterocycles. The van der Waals surface area contributed by atoms with E-state index in [0.29, 0.717) is 26.3 Å². The average molecular weight is 744 g/mol. The summed E-state index contributed by atoms with van der Waals surface area (Å²) in [6, 6.07) is 15.8. The Morgan fingerprint density at radius 2 is 1.24 bits per heavy atom. The number of aliphatic hydroxyl groups is 1. The number of benzene rings is 2. The first-order valence-corrected chi connectivity index (χ1v) is 16.7. The fraction of sp³-hybridized carbons (Fsp3) is 0.586. The molecule has 0 saturated carbocycles. The fourth-order valence-corrected chi connectivity index (χ4v) is 4.76. The molecule has 46 heavy (non-hydrogen) atoms. The number of alkyl halides is 4. The van der Waals surface area contributed by atoms with Crippen molar-refractivity contribution in [2.75, 3.05) is 59.0 Å². The highest BCUT2D eigenvalue weighted by molar-refractivity contribution is 7.85. The molecule has 0 radical (unpaired) electrons. The van der Waals surface area contributed by atoms with E-state index in [2.05, 4.69) is 10.6 Å². The second kappa shape index (κ2) is 23.1. The van der Waals surface area contributed by atoms with Gasteiger partial charge in [-0.05, 0) is 48.2 Å². The molecule has 9 nitrogen and oxygen atoms in total. The highest BCUT2D eigenvalue weighted by atomic mass is 35.5. The van der Waals surface area contributed by atoms with Gasteiger partial charge in [-0.2, -0.15) is 8.42 Å². The number of rotatable bonds is 12. The van der Waals surface area contributed by atoms with Crippen LogP contribution in [0.4, 0.5) is 17.6 Å². The molecule has 4 atom stereocenters. The predicted octanol–water partition coefficient (Wildman–Crippen LogP) is 4.40. The fourth-order valence-electron chi connectivity index (χ4n) is 4.11. The van der Waals surface area contributed by atoms with E-state index >= 15 is 0 Å². The minimum atomic E-state index is -3.41. The minimum absolute atomic E-state index is 0. The minimum Gasteiger partial charge on any atom is -0.390 e. The summed E-state index contributed by atoms with van der Waals surface area (Å²) in [5.74, 6) is 0. The highest BCUT2D eigenvalue weighted by Gasteiger charge is 2.23. The Morgan fingerprint density at radius 3 is 1.57 bits per heavy atom. The third kappa shape index (κ3) is 20.2. The normalized spacial score (nSPS) is 21.4. The Morgan fingerprint density at radius 1 is 0.826 bits per heavy atom. The largest absolute Gasteiger partial charge is 0.390 e. The van der Waals surface area contributed by atoms with E-state index in [1.54, 1.807) is 0 Å². The molecule has 0 aliphatic carbocycles. The first-order valence-electron chi connectivity index (χ1n) is 14.1. The number of nitrogens with one attached hydrogen (secondary N) is 2. The molecule has 17 heteroatoms. The maximum absolute atomic E-state index is 11.9. The number of ether oxygens (including phenoxy) is 3. The van der Waals surface area contributed by atoms with Gasteiger partial charge in [0.2, 0.25) is 0 Å². The van der Waals surface area contributed by atoms with Gasteiger partial charge in [-0.25, -0.2) is 17.6 Å². The van der Waals surface area contributed by atoms with Crippen LogP contribution in [0, 0.1) is 0 Å². The van der Waals surface area contributed by atoms with Crippen LogP contribution in [-0.2, 0) is 41.4 Å². The van der Waals surface area contributed by atoms with Gasteiger partial charge in [-0.15, -0.1) is 12.4 Å². The molecule has 2 fully saturated rings. The first-order chi connectivity index (χ1) is 21.3. The topological polar surface area (TPSA) is 115 Å². The van der Waals surface area contributed by atoms with Gasteiger partial charge in [0.25, 0.3) is 23.0 Å². The summed E-state index contributed by atoms with van der Waals surface area (Å²) in [5.41, 5.74) is 2.37. The standard InChI is InChI=1S/C14H18ClF2NO2.C13H18ClNO4S.C2H4F2O.ClH/c15-11-3-1-10(2-4-11)5-12-7-20-13(6-18-12)8-19-9-14(16)17;1-20(16,17)19-9-13-7-15-12(8-18-13)6-10-2-4-11(14)5-3-10;3-2(4)1-5;/h1-4,12-14,18H,5-9H2;2-5,12-13,15H,6-9H2,1H3;2,5H,1H2;1H/t2*12-,13+;;/m00../s1. The molecule has 0 amide bonds. The van der Waals surface area contributed by atoms with Crippen LogP contribution in [0.25, 0.3) is 0 Å². The maximum atomic E-state index is 11.9. The summed E-state index contributed by atoms with van der Waals surface area (Å²) in [6.45, 7) is 0.958. The zero-order chi connectivity index (χ0) is 33.2. The van der Waals surface area contributed by atoms with Gasteiger partial charge in [-0.1, -0.05) is 47.5 Å². The van der Waals surface area contributed by atoms with Gasteiger partial charge in [0, 0.05) is 35.2 Å². The molecule has 4 rings (SSSR count). The molecule has 3 N–H and O–H groups in total. The van der Waals surface area contributed by atoms with Crippen LogP contribution in [-0.4, -0.2) is 110 Å². The number of morpholine rings is 2. The van der Waals surface area contributed by atoms with Crippen molar-refractivity contribution in [2.45, 2.75) is 50.0 Å². The Bertz CT molecular complexity index is 1170. The smallest absolute Gasteiger partial charge is 0.264 e. The summed E-state index contributed by atoms with van der Waals surface area (Å²) in [5, 5.41) is 15.5. The quantitative estimate of drug-likeness (QED) is 0.215. The molecular formula is C29H41Cl3F4N2O7S. The van der Waals surface area contributed by atoms with Crippen LogP contribution < -0.4 is 10.6 Å². The van der Waals surface area contributed by atoms with Crippen molar-refractivity contribution in [2.24, 2.45) is 0 Å². The van der Waals surface area contributed by atoms with Crippen molar-refractivity contribution < 1.29 is 49.5 Å². The molecule has 2 aromatic rings. The zero-order valence-electron chi connectivity index (χ0n) is 25.1. The number of hydrogen-bond acceptors (Lipinski definition) is 9. The molecule has 2 aliphatic heterocycles. The summed E-state index contributed by atoms with van der Waals surface area (Å²) in [7, 11) is -3.41. The zero-order valence-corrected chi connectivity index (χ0v) is 28.3. The third-order valence-electron chi connectivity index (χ3n) is 6.28. The van der Waals surface area contributed by atoms with E-state index in [1.165, 1.54) is 11.1 Å². The molecule has 2 aromatic carbocycles. The lowest BCUT2D eigenvalue weighted by molar-refractivity contribution is -0.0658. The van der Waals surface area contributed by atoms with Crippen LogP contribution in [0.2, 0.25) is 10.0 Å². The van der Waals surface area contributed by atoms with Crippen molar-refractivity contribution in [3.63, 3.8) is 0 Å². The van der Waals surface area contributed by atoms with Crippen molar-refractivity contribution in [3.8, 4) is 0 Å². The molecular weight excluding hydrogens is 703 g/mol. The molecule has 0 unspecified atom stereocenters. The second-order valence-electron chi connectivity index (χ2n) is 10.3. The van der Waals surface area contributed by atoms with Gasteiger partial charge >= 0.3 is 0 Å². The van der Waals surface area contributed by atoms with Crippen molar-refractivity contribution in [1.82, 2.24) is 10.6 Å². The van der Waals surface area contributed by atoms with Gasteiger partial charge in [0.15, 0.2) is 0 Å². The van der Waals surface area contributed by atoms with E-state index in [-0.39, 0.29) is 49.9 Å². The first kappa shape index (κ1) is 42.7. The molecule has 2 saturated heterocycles. The Hall–Kier alpha value is -1.30. The van der Waals surface area contributed by atoms with E-state index in [1.807, 2.05) is 48.5 Å². The summed E-state index contributed by atoms with van der Waals surface area (Å²) in [4.78, 5) is 0. The van der Waals surface area contributed by atoms with Crippen LogP contribution in [0.15, 0.2) is 48.5 Å².